The highest BCUT2D eigenvalue weighted by Crippen LogP contribution is 2.14. The maximum absolute atomic E-state index is 11.6. The van der Waals surface area contributed by atoms with Crippen molar-refractivity contribution in [1.29, 1.82) is 0 Å². The normalized spacial score (nSPS) is 19.5. The molecule has 5 nitrogen and oxygen atoms in total. The van der Waals surface area contributed by atoms with Crippen LogP contribution in [0, 0.1) is 0 Å². The molecule has 0 aromatic heterocycles. The summed E-state index contributed by atoms with van der Waals surface area (Å²) in [6.45, 7) is 2.02. The van der Waals surface area contributed by atoms with Gasteiger partial charge < -0.3 is 10.6 Å². The van der Waals surface area contributed by atoms with Crippen LogP contribution in [0.5, 0.6) is 0 Å². The van der Waals surface area contributed by atoms with Crippen molar-refractivity contribution in [2.24, 2.45) is 0 Å². The van der Waals surface area contributed by atoms with Gasteiger partial charge in [-0.15, -0.1) is 0 Å². The maximum Gasteiger partial charge on any atom is 0.240 e. The van der Waals surface area contributed by atoms with Crippen LogP contribution in [0.15, 0.2) is 29.2 Å². The minimum atomic E-state index is -3.34. The van der Waals surface area contributed by atoms with Gasteiger partial charge >= 0.3 is 0 Å². The fourth-order valence-corrected chi connectivity index (χ4v) is 2.99. The summed E-state index contributed by atoms with van der Waals surface area (Å²) >= 11 is 0. The average Bonchev–Trinajstić information content (AvgIpc) is 2.92. The first-order valence-electron chi connectivity index (χ1n) is 6.63. The van der Waals surface area contributed by atoms with Gasteiger partial charge in [-0.05, 0) is 57.1 Å². The lowest BCUT2D eigenvalue weighted by atomic mass is 10.1. The van der Waals surface area contributed by atoms with E-state index in [9.17, 15) is 8.42 Å². The van der Waals surface area contributed by atoms with E-state index in [1.807, 2.05) is 0 Å². The van der Waals surface area contributed by atoms with Gasteiger partial charge in [0.15, 0.2) is 0 Å². The van der Waals surface area contributed by atoms with Crippen molar-refractivity contribution in [3.63, 3.8) is 0 Å². The number of nitrogens with one attached hydrogen (secondary N) is 3. The number of benzene rings is 1. The Bertz CT molecular complexity index is 493. The van der Waals surface area contributed by atoms with Crippen LogP contribution in [0.2, 0.25) is 0 Å². The lowest BCUT2D eigenvalue weighted by molar-refractivity contribution is 0.574. The lowest BCUT2D eigenvalue weighted by Crippen LogP contribution is -2.24. The number of hydrogen-bond acceptors (Lipinski definition) is 4. The summed E-state index contributed by atoms with van der Waals surface area (Å²) < 4.78 is 25.4. The fraction of sp³-hybridized carbons (Fsp3) is 0.538. The van der Waals surface area contributed by atoms with Crippen LogP contribution in [-0.4, -0.2) is 34.6 Å². The zero-order valence-corrected chi connectivity index (χ0v) is 12.0. The van der Waals surface area contributed by atoms with E-state index in [2.05, 4.69) is 15.4 Å². The van der Waals surface area contributed by atoms with Gasteiger partial charge in [0, 0.05) is 18.3 Å². The van der Waals surface area contributed by atoms with Crippen molar-refractivity contribution < 1.29 is 8.42 Å². The highest BCUT2D eigenvalue weighted by Gasteiger charge is 2.13. The molecule has 0 amide bonds. The van der Waals surface area contributed by atoms with Crippen molar-refractivity contribution in [2.45, 2.75) is 30.2 Å². The Morgan fingerprint density at radius 2 is 2.05 bits per heavy atom. The molecule has 1 aromatic carbocycles. The number of sulfonamides is 1. The van der Waals surface area contributed by atoms with E-state index in [1.165, 1.54) is 19.9 Å². The van der Waals surface area contributed by atoms with Gasteiger partial charge in [0.05, 0.1) is 4.90 Å². The topological polar surface area (TPSA) is 70.2 Å². The first-order chi connectivity index (χ1) is 9.12. The van der Waals surface area contributed by atoms with E-state index in [4.69, 9.17) is 0 Å². The minimum absolute atomic E-state index is 0.290. The summed E-state index contributed by atoms with van der Waals surface area (Å²) in [6, 6.07) is 7.44. The van der Waals surface area contributed by atoms with Crippen molar-refractivity contribution in [1.82, 2.24) is 10.0 Å². The van der Waals surface area contributed by atoms with Gasteiger partial charge in [-0.1, -0.05) is 0 Å². The Hall–Kier alpha value is -1.11. The zero-order valence-electron chi connectivity index (χ0n) is 11.1. The maximum atomic E-state index is 11.6. The quantitative estimate of drug-likeness (QED) is 0.732. The molecule has 1 heterocycles. The largest absolute Gasteiger partial charge is 0.385 e. The molecule has 2 rings (SSSR count). The van der Waals surface area contributed by atoms with Crippen LogP contribution in [0.4, 0.5) is 5.69 Å². The summed E-state index contributed by atoms with van der Waals surface area (Å²) in [5.41, 5.74) is 0.952. The van der Waals surface area contributed by atoms with Gasteiger partial charge in [-0.2, -0.15) is 0 Å². The summed E-state index contributed by atoms with van der Waals surface area (Å²) in [6.07, 6.45) is 3.61. The third-order valence-electron chi connectivity index (χ3n) is 3.42. The summed E-state index contributed by atoms with van der Waals surface area (Å²) in [5, 5.41) is 6.76. The Balaban J connectivity index is 1.85. The van der Waals surface area contributed by atoms with Gasteiger partial charge in [0.2, 0.25) is 10.0 Å². The van der Waals surface area contributed by atoms with Crippen molar-refractivity contribution in [2.75, 3.05) is 25.5 Å². The molecule has 3 N–H and O–H groups in total. The zero-order chi connectivity index (χ0) is 13.7. The summed E-state index contributed by atoms with van der Waals surface area (Å²) in [7, 11) is -1.92. The molecule has 1 saturated heterocycles. The van der Waals surface area contributed by atoms with E-state index in [-0.39, 0.29) is 4.90 Å². The summed E-state index contributed by atoms with van der Waals surface area (Å²) in [4.78, 5) is 0.290. The van der Waals surface area contributed by atoms with Crippen LogP contribution in [0.25, 0.3) is 0 Å². The van der Waals surface area contributed by atoms with Crippen molar-refractivity contribution >= 4 is 15.7 Å². The molecule has 0 spiro atoms. The Morgan fingerprint density at radius 3 is 2.63 bits per heavy atom. The smallest absolute Gasteiger partial charge is 0.240 e. The van der Waals surface area contributed by atoms with Crippen LogP contribution in [0.3, 0.4) is 0 Å². The fourth-order valence-electron chi connectivity index (χ4n) is 2.26. The first kappa shape index (κ1) is 14.3. The molecule has 1 aliphatic rings. The monoisotopic (exact) mass is 283 g/mol. The van der Waals surface area contributed by atoms with Crippen LogP contribution in [0.1, 0.15) is 19.3 Å². The standard InChI is InChI=1S/C13H21N3O2S/c1-14-19(17,18)13-6-4-12(5-7-13)16-10-8-11-3-2-9-15-11/h4-7,11,14-16H,2-3,8-10H2,1H3/t11-/m0/s1. The molecule has 0 bridgehead atoms. The molecule has 6 heteroatoms. The number of anilines is 1. The molecule has 0 saturated carbocycles. The van der Waals surface area contributed by atoms with E-state index >= 15 is 0 Å². The predicted octanol–water partition coefficient (Wildman–Crippen LogP) is 1.15. The van der Waals surface area contributed by atoms with Gasteiger partial charge in [-0.25, -0.2) is 13.1 Å². The molecule has 1 fully saturated rings. The highest BCUT2D eigenvalue weighted by molar-refractivity contribution is 7.89. The van der Waals surface area contributed by atoms with Crippen LogP contribution >= 0.6 is 0 Å². The SMILES string of the molecule is CNS(=O)(=O)c1ccc(NCC[C@@H]2CCCN2)cc1. The third-order valence-corrected chi connectivity index (χ3v) is 4.85. The number of hydrogen-bond donors (Lipinski definition) is 3. The molecular weight excluding hydrogens is 262 g/mol. The second kappa shape index (κ2) is 6.36. The molecular formula is C13H21N3O2S. The minimum Gasteiger partial charge on any atom is -0.385 e. The first-order valence-corrected chi connectivity index (χ1v) is 8.11. The average molecular weight is 283 g/mol. The molecule has 1 aliphatic heterocycles. The molecule has 106 valence electrons. The summed E-state index contributed by atoms with van der Waals surface area (Å²) in [5.74, 6) is 0. The van der Waals surface area contributed by atoms with E-state index < -0.39 is 10.0 Å². The van der Waals surface area contributed by atoms with Crippen LogP contribution < -0.4 is 15.4 Å². The van der Waals surface area contributed by atoms with Crippen LogP contribution in [-0.2, 0) is 10.0 Å². The number of rotatable bonds is 6. The van der Waals surface area contributed by atoms with E-state index in [1.54, 1.807) is 24.3 Å². The highest BCUT2D eigenvalue weighted by atomic mass is 32.2. The van der Waals surface area contributed by atoms with Gasteiger partial charge in [-0.3, -0.25) is 0 Å². The van der Waals surface area contributed by atoms with Crippen molar-refractivity contribution in [3.05, 3.63) is 24.3 Å². The Morgan fingerprint density at radius 1 is 1.32 bits per heavy atom. The molecule has 19 heavy (non-hydrogen) atoms. The Kier molecular flexibility index (Phi) is 4.79. The molecule has 0 aliphatic carbocycles. The van der Waals surface area contributed by atoms with Gasteiger partial charge in [0.1, 0.15) is 0 Å². The molecule has 1 atom stereocenters. The second-order valence-electron chi connectivity index (χ2n) is 4.74. The lowest BCUT2D eigenvalue weighted by Gasteiger charge is -2.12. The predicted molar refractivity (Wildman–Crippen MR) is 76.8 cm³/mol. The third kappa shape index (κ3) is 3.92. The molecule has 0 unspecified atom stereocenters. The van der Waals surface area contributed by atoms with E-state index in [0.29, 0.717) is 6.04 Å². The van der Waals surface area contributed by atoms with Gasteiger partial charge in [0.25, 0.3) is 0 Å². The van der Waals surface area contributed by atoms with E-state index in [0.717, 1.165) is 25.2 Å². The molecule has 1 aromatic rings. The molecule has 0 radical (unpaired) electrons. The second-order valence-corrected chi connectivity index (χ2v) is 6.63. The Labute approximate surface area is 114 Å². The van der Waals surface area contributed by atoms with Crippen molar-refractivity contribution in [3.8, 4) is 0 Å².